The summed E-state index contributed by atoms with van der Waals surface area (Å²) in [5, 5.41) is 15.8. The Bertz CT molecular complexity index is 1240. The highest BCUT2D eigenvalue weighted by molar-refractivity contribution is 7.99. The van der Waals surface area contributed by atoms with Gasteiger partial charge in [0.2, 0.25) is 5.91 Å². The van der Waals surface area contributed by atoms with Gasteiger partial charge < -0.3 is 15.2 Å². The van der Waals surface area contributed by atoms with E-state index in [-0.39, 0.29) is 23.5 Å². The van der Waals surface area contributed by atoms with Crippen molar-refractivity contribution in [2.75, 3.05) is 11.1 Å². The fourth-order valence-electron chi connectivity index (χ4n) is 3.98. The van der Waals surface area contributed by atoms with Crippen molar-refractivity contribution >= 4 is 40.9 Å². The van der Waals surface area contributed by atoms with E-state index in [0.29, 0.717) is 40.5 Å². The van der Waals surface area contributed by atoms with E-state index in [9.17, 15) is 9.59 Å². The van der Waals surface area contributed by atoms with Gasteiger partial charge in [-0.05, 0) is 42.0 Å². The van der Waals surface area contributed by atoms with Crippen LogP contribution in [0, 0.1) is 5.92 Å². The van der Waals surface area contributed by atoms with Gasteiger partial charge in [0.1, 0.15) is 0 Å². The van der Waals surface area contributed by atoms with Crippen molar-refractivity contribution in [3.8, 4) is 0 Å². The van der Waals surface area contributed by atoms with Crippen LogP contribution in [0.25, 0.3) is 0 Å². The number of amides is 2. The van der Waals surface area contributed by atoms with Crippen LogP contribution in [0.1, 0.15) is 67.8 Å². The number of hydrogen-bond acceptors (Lipinski definition) is 5. The molecule has 3 aromatic rings. The first-order chi connectivity index (χ1) is 17.7. The second-order valence-electron chi connectivity index (χ2n) is 9.45. The number of allylic oxidation sites excluding steroid dienone is 1. The van der Waals surface area contributed by atoms with Gasteiger partial charge >= 0.3 is 0 Å². The number of anilines is 1. The van der Waals surface area contributed by atoms with E-state index < -0.39 is 6.04 Å². The van der Waals surface area contributed by atoms with E-state index >= 15 is 0 Å². The molecule has 1 heterocycles. The van der Waals surface area contributed by atoms with Crippen molar-refractivity contribution in [1.82, 2.24) is 20.1 Å². The maximum atomic E-state index is 13.0. The third-order valence-electron chi connectivity index (χ3n) is 5.69. The third-order valence-corrected chi connectivity index (χ3v) is 6.99. The average molecular weight is 540 g/mol. The van der Waals surface area contributed by atoms with Crippen molar-refractivity contribution < 1.29 is 9.59 Å². The molecule has 0 spiro atoms. The monoisotopic (exact) mass is 539 g/mol. The predicted molar refractivity (Wildman–Crippen MR) is 151 cm³/mol. The topological polar surface area (TPSA) is 88.9 Å². The minimum Gasteiger partial charge on any atom is -0.342 e. The first kappa shape index (κ1) is 28.5. The summed E-state index contributed by atoms with van der Waals surface area (Å²) < 4.78 is 1.90. The quantitative estimate of drug-likeness (QED) is 0.203. The van der Waals surface area contributed by atoms with E-state index in [0.717, 1.165) is 11.3 Å². The third kappa shape index (κ3) is 7.69. The molecule has 9 heteroatoms. The zero-order chi connectivity index (χ0) is 26.9. The number of rotatable bonds is 12. The first-order valence-electron chi connectivity index (χ1n) is 12.3. The number of hydrogen-bond donors (Lipinski definition) is 2. The van der Waals surface area contributed by atoms with Gasteiger partial charge in [-0.3, -0.25) is 9.59 Å². The normalized spacial score (nSPS) is 12.0. The Hall–Kier alpha value is -3.10. The maximum Gasteiger partial charge on any atom is 0.253 e. The van der Waals surface area contributed by atoms with Crippen LogP contribution in [0.2, 0.25) is 5.02 Å². The van der Waals surface area contributed by atoms with Crippen molar-refractivity contribution in [2.45, 2.75) is 57.8 Å². The number of carbonyl (C=O) groups excluding carboxylic acids is 2. The number of benzene rings is 2. The molecule has 1 aromatic heterocycles. The average Bonchev–Trinajstić information content (AvgIpc) is 3.25. The number of carbonyl (C=O) groups is 2. The molecule has 0 fully saturated rings. The Morgan fingerprint density at radius 3 is 2.46 bits per heavy atom. The lowest BCUT2D eigenvalue weighted by Crippen LogP contribution is -2.32. The minimum atomic E-state index is -0.391. The van der Waals surface area contributed by atoms with E-state index in [1.807, 2.05) is 28.8 Å². The summed E-state index contributed by atoms with van der Waals surface area (Å²) in [4.78, 5) is 25.8. The molecule has 196 valence electrons. The van der Waals surface area contributed by atoms with E-state index in [1.54, 1.807) is 30.3 Å². The number of para-hydroxylation sites is 1. The van der Waals surface area contributed by atoms with Crippen LogP contribution < -0.4 is 10.6 Å². The van der Waals surface area contributed by atoms with E-state index in [4.69, 9.17) is 11.6 Å². The highest BCUT2D eigenvalue weighted by Gasteiger charge is 2.25. The molecule has 0 saturated heterocycles. The molecule has 0 aliphatic carbocycles. The fraction of sp³-hybridized carbons (Fsp3) is 0.357. The van der Waals surface area contributed by atoms with Gasteiger partial charge in [-0.1, -0.05) is 87.5 Å². The summed E-state index contributed by atoms with van der Waals surface area (Å²) in [7, 11) is 0. The summed E-state index contributed by atoms with van der Waals surface area (Å²) in [6, 6.07) is 14.4. The van der Waals surface area contributed by atoms with Gasteiger partial charge in [0.15, 0.2) is 11.0 Å². The smallest absolute Gasteiger partial charge is 0.253 e. The largest absolute Gasteiger partial charge is 0.342 e. The summed E-state index contributed by atoms with van der Waals surface area (Å²) >= 11 is 7.55. The number of aromatic nitrogens is 3. The standard InChI is InChI=1S/C28H34ClN5O2S/c1-6-15-34-26(24(16-18(2)3)31-27(36)21-12-7-9-13-22(21)29)32-33-28(34)37-17-25(35)30-23-14-10-8-11-20(23)19(4)5/h6-14,18-19,24H,1,15-17H2,2-5H3,(H,30,35)(H,31,36)/t24-/m0/s1. The van der Waals surface area contributed by atoms with Crippen LogP contribution in [0.4, 0.5) is 5.69 Å². The molecular weight excluding hydrogens is 506 g/mol. The summed E-state index contributed by atoms with van der Waals surface area (Å²) in [6.07, 6.45) is 2.40. The van der Waals surface area contributed by atoms with Crippen LogP contribution in [0.3, 0.4) is 0 Å². The van der Waals surface area contributed by atoms with Crippen molar-refractivity contribution in [1.29, 1.82) is 0 Å². The van der Waals surface area contributed by atoms with Gasteiger partial charge in [-0.15, -0.1) is 16.8 Å². The van der Waals surface area contributed by atoms with Crippen LogP contribution >= 0.6 is 23.4 Å². The van der Waals surface area contributed by atoms with Crippen molar-refractivity contribution in [3.05, 3.63) is 83.2 Å². The van der Waals surface area contributed by atoms with Gasteiger partial charge in [-0.25, -0.2) is 0 Å². The highest BCUT2D eigenvalue weighted by atomic mass is 35.5. The Morgan fingerprint density at radius 1 is 1.08 bits per heavy atom. The lowest BCUT2D eigenvalue weighted by atomic mass is 10.0. The fourth-order valence-corrected chi connectivity index (χ4v) is 4.95. The number of thioether (sulfide) groups is 1. The van der Waals surface area contributed by atoms with Crippen LogP contribution in [0.15, 0.2) is 66.3 Å². The SMILES string of the molecule is C=CCn1c(SCC(=O)Nc2ccccc2C(C)C)nnc1[C@H](CC(C)C)NC(=O)c1ccccc1Cl. The Labute approximate surface area is 228 Å². The maximum absolute atomic E-state index is 13.0. The van der Waals surface area contributed by atoms with Crippen LogP contribution in [-0.4, -0.2) is 32.3 Å². The number of nitrogens with one attached hydrogen (secondary N) is 2. The van der Waals surface area contributed by atoms with Gasteiger partial charge in [-0.2, -0.15) is 0 Å². The molecule has 3 rings (SSSR count). The number of halogens is 1. The second-order valence-corrected chi connectivity index (χ2v) is 10.8. The molecule has 2 amide bonds. The van der Waals surface area contributed by atoms with Gasteiger partial charge in [0.05, 0.1) is 22.4 Å². The molecule has 37 heavy (non-hydrogen) atoms. The zero-order valence-electron chi connectivity index (χ0n) is 21.7. The van der Waals surface area contributed by atoms with E-state index in [1.165, 1.54) is 11.8 Å². The molecule has 2 aromatic carbocycles. The van der Waals surface area contributed by atoms with Gasteiger partial charge in [0.25, 0.3) is 5.91 Å². The summed E-state index contributed by atoms with van der Waals surface area (Å²) in [5.74, 6) is 0.958. The van der Waals surface area contributed by atoms with Crippen LogP contribution in [-0.2, 0) is 11.3 Å². The molecular formula is C28H34ClN5O2S. The van der Waals surface area contributed by atoms with Crippen molar-refractivity contribution in [3.63, 3.8) is 0 Å². The Kier molecular flexibility index (Phi) is 10.3. The first-order valence-corrected chi connectivity index (χ1v) is 13.7. The van der Waals surface area contributed by atoms with E-state index in [2.05, 4.69) is 55.1 Å². The van der Waals surface area contributed by atoms with Gasteiger partial charge in [0, 0.05) is 12.2 Å². The number of nitrogens with zero attached hydrogens (tertiary/aromatic N) is 3. The Morgan fingerprint density at radius 2 is 1.78 bits per heavy atom. The molecule has 0 unspecified atom stereocenters. The molecule has 1 atom stereocenters. The summed E-state index contributed by atoms with van der Waals surface area (Å²) in [6.45, 7) is 12.7. The minimum absolute atomic E-state index is 0.126. The molecule has 2 N–H and O–H groups in total. The molecule has 0 aliphatic rings. The molecule has 0 radical (unpaired) electrons. The van der Waals surface area contributed by atoms with Crippen molar-refractivity contribution in [2.24, 2.45) is 5.92 Å². The molecule has 0 aliphatic heterocycles. The predicted octanol–water partition coefficient (Wildman–Crippen LogP) is 6.49. The molecule has 0 bridgehead atoms. The lowest BCUT2D eigenvalue weighted by Gasteiger charge is -2.21. The molecule has 7 nitrogen and oxygen atoms in total. The highest BCUT2D eigenvalue weighted by Crippen LogP contribution is 2.27. The lowest BCUT2D eigenvalue weighted by molar-refractivity contribution is -0.113. The van der Waals surface area contributed by atoms with Crippen LogP contribution in [0.5, 0.6) is 0 Å². The second kappa shape index (κ2) is 13.4. The Balaban J connectivity index is 1.78. The molecule has 0 saturated carbocycles. The summed E-state index contributed by atoms with van der Waals surface area (Å²) in [5.41, 5.74) is 2.31. The zero-order valence-corrected chi connectivity index (χ0v) is 23.3.